The lowest BCUT2D eigenvalue weighted by Gasteiger charge is -2.10. The Kier molecular flexibility index (Phi) is 5.96. The molecule has 2 aliphatic rings. The van der Waals surface area contributed by atoms with Crippen molar-refractivity contribution in [2.75, 3.05) is 11.9 Å². The Morgan fingerprint density at radius 3 is 2.52 bits per heavy atom. The van der Waals surface area contributed by atoms with Gasteiger partial charge in [-0.05, 0) is 43.7 Å². The van der Waals surface area contributed by atoms with Crippen LogP contribution in [0.3, 0.4) is 0 Å². The standard InChI is InChI=1S/C20H23N3O4S2/c24-19(22-20-21-11-12-28-20)18(23-27-13-14-3-1-2-4-14)15-5-7-16(8-6-15)29(25,26)17-9-10-17/h5-8,11-12,14,17H,1-4,9-10,13H2,(H,21,22,24). The van der Waals surface area contributed by atoms with Crippen LogP contribution in [0, 0.1) is 5.92 Å². The molecule has 1 N–H and O–H groups in total. The Balaban J connectivity index is 1.53. The van der Waals surface area contributed by atoms with Crippen LogP contribution < -0.4 is 5.32 Å². The van der Waals surface area contributed by atoms with Crippen molar-refractivity contribution in [3.05, 3.63) is 41.4 Å². The average Bonchev–Trinajstić information content (AvgIpc) is 3.23. The van der Waals surface area contributed by atoms with Crippen LogP contribution >= 0.6 is 11.3 Å². The van der Waals surface area contributed by atoms with Crippen LogP contribution in [0.2, 0.25) is 0 Å². The number of amides is 1. The zero-order valence-electron chi connectivity index (χ0n) is 15.9. The van der Waals surface area contributed by atoms with Gasteiger partial charge in [-0.3, -0.25) is 10.1 Å². The number of anilines is 1. The van der Waals surface area contributed by atoms with Crippen molar-refractivity contribution in [3.63, 3.8) is 0 Å². The first-order chi connectivity index (χ1) is 14.0. The number of rotatable bonds is 8. The number of hydrogen-bond acceptors (Lipinski definition) is 7. The highest BCUT2D eigenvalue weighted by Crippen LogP contribution is 2.33. The van der Waals surface area contributed by atoms with E-state index in [-0.39, 0.29) is 15.9 Å². The summed E-state index contributed by atoms with van der Waals surface area (Å²) in [5.41, 5.74) is 0.605. The predicted molar refractivity (Wildman–Crippen MR) is 112 cm³/mol. The topological polar surface area (TPSA) is 97.7 Å². The van der Waals surface area contributed by atoms with E-state index in [1.165, 1.54) is 36.3 Å². The summed E-state index contributed by atoms with van der Waals surface area (Å²) in [6.07, 6.45) is 7.65. The molecule has 7 nitrogen and oxygen atoms in total. The summed E-state index contributed by atoms with van der Waals surface area (Å²) in [5, 5.41) is 8.78. The lowest BCUT2D eigenvalue weighted by Crippen LogP contribution is -2.24. The van der Waals surface area contributed by atoms with E-state index in [9.17, 15) is 13.2 Å². The molecular weight excluding hydrogens is 410 g/mol. The molecule has 0 bridgehead atoms. The first-order valence-electron chi connectivity index (χ1n) is 9.79. The van der Waals surface area contributed by atoms with Gasteiger partial charge in [0.15, 0.2) is 20.7 Å². The second-order valence-corrected chi connectivity index (χ2v) is 10.6. The number of hydrogen-bond donors (Lipinski definition) is 1. The van der Waals surface area contributed by atoms with Crippen LogP contribution in [-0.2, 0) is 19.5 Å². The maximum atomic E-state index is 12.8. The molecule has 1 aromatic heterocycles. The third-order valence-electron chi connectivity index (χ3n) is 5.23. The molecule has 0 unspecified atom stereocenters. The van der Waals surface area contributed by atoms with Gasteiger partial charge in [0.05, 0.1) is 10.1 Å². The average molecular weight is 434 g/mol. The van der Waals surface area contributed by atoms with Crippen molar-refractivity contribution < 1.29 is 18.0 Å². The van der Waals surface area contributed by atoms with Gasteiger partial charge >= 0.3 is 0 Å². The van der Waals surface area contributed by atoms with Crippen molar-refractivity contribution in [2.24, 2.45) is 11.1 Å². The number of benzene rings is 1. The van der Waals surface area contributed by atoms with Gasteiger partial charge in [-0.1, -0.05) is 30.1 Å². The number of carbonyl (C=O) groups is 1. The first-order valence-corrected chi connectivity index (χ1v) is 12.2. The van der Waals surface area contributed by atoms with Crippen molar-refractivity contribution >= 4 is 37.9 Å². The molecule has 2 aliphatic carbocycles. The van der Waals surface area contributed by atoms with E-state index in [2.05, 4.69) is 15.5 Å². The molecule has 1 amide bonds. The van der Waals surface area contributed by atoms with Crippen LogP contribution in [0.5, 0.6) is 0 Å². The summed E-state index contributed by atoms with van der Waals surface area (Å²) >= 11 is 1.31. The summed E-state index contributed by atoms with van der Waals surface area (Å²) in [6, 6.07) is 6.28. The third kappa shape index (κ3) is 4.84. The molecule has 4 rings (SSSR count). The zero-order valence-corrected chi connectivity index (χ0v) is 17.5. The Morgan fingerprint density at radius 2 is 1.90 bits per heavy atom. The fourth-order valence-corrected chi connectivity index (χ4v) is 5.61. The fourth-order valence-electron chi connectivity index (χ4n) is 3.42. The highest BCUT2D eigenvalue weighted by molar-refractivity contribution is 7.92. The molecule has 0 radical (unpaired) electrons. The first kappa shape index (κ1) is 20.0. The third-order valence-corrected chi connectivity index (χ3v) is 8.20. The zero-order chi connectivity index (χ0) is 20.3. The molecule has 0 aliphatic heterocycles. The summed E-state index contributed by atoms with van der Waals surface area (Å²) in [4.78, 5) is 22.6. The molecule has 29 heavy (non-hydrogen) atoms. The summed E-state index contributed by atoms with van der Waals surface area (Å²) in [5.74, 6) is 0.0252. The molecular formula is C20H23N3O4S2. The van der Waals surface area contributed by atoms with E-state index >= 15 is 0 Å². The smallest absolute Gasteiger partial charge is 0.280 e. The van der Waals surface area contributed by atoms with Crippen molar-refractivity contribution in [2.45, 2.75) is 48.7 Å². The number of oxime groups is 1. The highest BCUT2D eigenvalue weighted by Gasteiger charge is 2.36. The van der Waals surface area contributed by atoms with Gasteiger partial charge in [-0.2, -0.15) is 0 Å². The van der Waals surface area contributed by atoms with E-state index in [1.54, 1.807) is 23.7 Å². The van der Waals surface area contributed by atoms with Crippen molar-refractivity contribution in [1.29, 1.82) is 0 Å². The molecule has 154 valence electrons. The van der Waals surface area contributed by atoms with Gasteiger partial charge in [0.1, 0.15) is 6.61 Å². The van der Waals surface area contributed by atoms with E-state index in [0.717, 1.165) is 12.8 Å². The quantitative estimate of drug-likeness (QED) is 0.506. The Labute approximate surface area is 174 Å². The number of sulfone groups is 1. The van der Waals surface area contributed by atoms with E-state index in [1.807, 2.05) is 0 Å². The van der Waals surface area contributed by atoms with E-state index < -0.39 is 15.7 Å². The maximum absolute atomic E-state index is 12.8. The highest BCUT2D eigenvalue weighted by atomic mass is 32.2. The van der Waals surface area contributed by atoms with Crippen LogP contribution in [0.15, 0.2) is 45.9 Å². The van der Waals surface area contributed by atoms with Gasteiger partial charge in [0.25, 0.3) is 5.91 Å². The monoisotopic (exact) mass is 433 g/mol. The van der Waals surface area contributed by atoms with Gasteiger partial charge in [-0.25, -0.2) is 13.4 Å². The Bertz CT molecular complexity index is 975. The summed E-state index contributed by atoms with van der Waals surface area (Å²) in [6.45, 7) is 0.474. The lowest BCUT2D eigenvalue weighted by molar-refractivity contribution is -0.110. The second kappa shape index (κ2) is 8.62. The number of carbonyl (C=O) groups excluding carboxylic acids is 1. The van der Waals surface area contributed by atoms with Gasteiger partial charge in [0, 0.05) is 17.1 Å². The molecule has 2 fully saturated rings. The molecule has 9 heteroatoms. The minimum atomic E-state index is -3.28. The van der Waals surface area contributed by atoms with Crippen LogP contribution in [-0.4, -0.2) is 36.9 Å². The molecule has 0 atom stereocenters. The SMILES string of the molecule is O=C(Nc1nccs1)C(=NOCC1CCCC1)c1ccc(S(=O)(=O)C2CC2)cc1. The number of aromatic nitrogens is 1. The predicted octanol–water partition coefficient (Wildman–Crippen LogP) is 3.63. The van der Waals surface area contributed by atoms with E-state index in [4.69, 9.17) is 4.84 Å². The van der Waals surface area contributed by atoms with Gasteiger partial charge < -0.3 is 4.84 Å². The largest absolute Gasteiger partial charge is 0.395 e. The Hall–Kier alpha value is -2.26. The van der Waals surface area contributed by atoms with Gasteiger partial charge in [0.2, 0.25) is 0 Å². The van der Waals surface area contributed by atoms with E-state index in [0.29, 0.717) is 36.1 Å². The number of thiazole rings is 1. The molecule has 1 aromatic carbocycles. The second-order valence-electron chi connectivity index (χ2n) is 7.45. The lowest BCUT2D eigenvalue weighted by atomic mass is 10.1. The fraction of sp³-hybridized carbons (Fsp3) is 0.450. The summed E-state index contributed by atoms with van der Waals surface area (Å²) < 4.78 is 24.8. The molecule has 2 aromatic rings. The van der Waals surface area contributed by atoms with Crippen LogP contribution in [0.1, 0.15) is 44.1 Å². The minimum absolute atomic E-state index is 0.105. The number of nitrogens with one attached hydrogen (secondary N) is 1. The van der Waals surface area contributed by atoms with Crippen molar-refractivity contribution in [3.8, 4) is 0 Å². The van der Waals surface area contributed by atoms with Crippen LogP contribution in [0.4, 0.5) is 5.13 Å². The molecule has 0 spiro atoms. The number of nitrogens with zero attached hydrogens (tertiary/aromatic N) is 2. The Morgan fingerprint density at radius 1 is 1.17 bits per heavy atom. The van der Waals surface area contributed by atoms with Crippen LogP contribution in [0.25, 0.3) is 0 Å². The van der Waals surface area contributed by atoms with Gasteiger partial charge in [-0.15, -0.1) is 11.3 Å². The normalized spacial score (nSPS) is 18.0. The molecule has 2 saturated carbocycles. The summed E-state index contributed by atoms with van der Waals surface area (Å²) in [7, 11) is -3.28. The maximum Gasteiger partial charge on any atom is 0.280 e. The van der Waals surface area contributed by atoms with Crippen molar-refractivity contribution in [1.82, 2.24) is 4.98 Å². The minimum Gasteiger partial charge on any atom is -0.395 e. The molecule has 1 heterocycles. The molecule has 0 saturated heterocycles.